The molecule has 7 heteroatoms. The van der Waals surface area contributed by atoms with Gasteiger partial charge < -0.3 is 10.2 Å². The summed E-state index contributed by atoms with van der Waals surface area (Å²) in [6.45, 7) is 4.13. The number of aromatic nitrogens is 3. The van der Waals surface area contributed by atoms with E-state index in [9.17, 15) is 4.79 Å². The molecule has 2 aromatic heterocycles. The monoisotopic (exact) mass is 395 g/mol. The van der Waals surface area contributed by atoms with E-state index in [-0.39, 0.29) is 5.91 Å². The second-order valence-electron chi connectivity index (χ2n) is 6.80. The molecule has 3 aromatic rings. The van der Waals surface area contributed by atoms with E-state index in [0.29, 0.717) is 22.8 Å². The van der Waals surface area contributed by atoms with E-state index in [4.69, 9.17) is 11.6 Å². The summed E-state index contributed by atoms with van der Waals surface area (Å²) in [6, 6.07) is 11.3. The van der Waals surface area contributed by atoms with Gasteiger partial charge in [0.25, 0.3) is 5.91 Å². The number of nitrogens with one attached hydrogen (secondary N) is 1. The summed E-state index contributed by atoms with van der Waals surface area (Å²) in [4.78, 5) is 19.5. The highest BCUT2D eigenvalue weighted by Gasteiger charge is 2.18. The molecule has 4 rings (SSSR count). The van der Waals surface area contributed by atoms with Gasteiger partial charge in [-0.05, 0) is 49.6 Å². The second kappa shape index (κ2) is 8.02. The molecular formula is C21H22ClN5O. The molecule has 144 valence electrons. The van der Waals surface area contributed by atoms with E-state index < -0.39 is 0 Å². The highest BCUT2D eigenvalue weighted by molar-refractivity contribution is 6.30. The molecule has 1 aromatic carbocycles. The molecule has 1 aliphatic heterocycles. The molecule has 3 heterocycles. The van der Waals surface area contributed by atoms with Crippen LogP contribution in [-0.4, -0.2) is 33.8 Å². The van der Waals surface area contributed by atoms with Crippen LogP contribution in [0.2, 0.25) is 5.02 Å². The lowest BCUT2D eigenvalue weighted by Crippen LogP contribution is -2.18. The van der Waals surface area contributed by atoms with Crippen LogP contribution in [0.4, 0.5) is 11.5 Å². The van der Waals surface area contributed by atoms with E-state index in [2.05, 4.69) is 20.3 Å². The fraction of sp³-hybridized carbons (Fsp3) is 0.286. The van der Waals surface area contributed by atoms with Gasteiger partial charge in [-0.15, -0.1) is 0 Å². The fourth-order valence-corrected chi connectivity index (χ4v) is 3.72. The van der Waals surface area contributed by atoms with Crippen molar-refractivity contribution in [3.8, 4) is 5.69 Å². The van der Waals surface area contributed by atoms with Crippen LogP contribution in [0, 0.1) is 0 Å². The highest BCUT2D eigenvalue weighted by atomic mass is 35.5. The summed E-state index contributed by atoms with van der Waals surface area (Å²) < 4.78 is 1.75. The molecule has 0 aliphatic carbocycles. The molecule has 0 spiro atoms. The van der Waals surface area contributed by atoms with Crippen LogP contribution in [0.1, 0.15) is 35.8 Å². The first-order valence-corrected chi connectivity index (χ1v) is 9.88. The number of pyridine rings is 1. The molecule has 1 fully saturated rings. The minimum atomic E-state index is -0.216. The first kappa shape index (κ1) is 18.5. The van der Waals surface area contributed by atoms with Crippen LogP contribution >= 0.6 is 11.6 Å². The van der Waals surface area contributed by atoms with E-state index >= 15 is 0 Å². The van der Waals surface area contributed by atoms with E-state index in [1.807, 2.05) is 49.5 Å². The van der Waals surface area contributed by atoms with Gasteiger partial charge in [-0.3, -0.25) is 4.79 Å². The Labute approximate surface area is 169 Å². The van der Waals surface area contributed by atoms with Crippen molar-refractivity contribution >= 4 is 29.0 Å². The smallest absolute Gasteiger partial charge is 0.260 e. The zero-order valence-corrected chi connectivity index (χ0v) is 16.5. The molecule has 6 nitrogen and oxygen atoms in total. The Hall–Kier alpha value is -2.86. The summed E-state index contributed by atoms with van der Waals surface area (Å²) in [6.07, 6.45) is 6.51. The SMILES string of the molecule is CCc1c(C(=O)Nc2ccc(N3CCCC3)cn2)cnn1-c1cccc(Cl)c1. The maximum absolute atomic E-state index is 12.8. The van der Waals surface area contributed by atoms with Gasteiger partial charge in [0.1, 0.15) is 5.82 Å². The summed E-state index contributed by atoms with van der Waals surface area (Å²) in [5.74, 6) is 0.317. The minimum absolute atomic E-state index is 0.216. The number of nitrogens with zero attached hydrogens (tertiary/aromatic N) is 4. The predicted molar refractivity (Wildman–Crippen MR) is 112 cm³/mol. The van der Waals surface area contributed by atoms with Gasteiger partial charge in [0.2, 0.25) is 0 Å². The van der Waals surface area contributed by atoms with Crippen molar-refractivity contribution in [3.05, 3.63) is 65.1 Å². The molecule has 1 N–H and O–H groups in total. The topological polar surface area (TPSA) is 63.1 Å². The van der Waals surface area contributed by atoms with Crippen LogP contribution in [0.3, 0.4) is 0 Å². The summed E-state index contributed by atoms with van der Waals surface area (Å²) >= 11 is 6.09. The van der Waals surface area contributed by atoms with Crippen LogP contribution in [0.15, 0.2) is 48.8 Å². The number of anilines is 2. The number of carbonyl (C=O) groups excluding carboxylic acids is 1. The largest absolute Gasteiger partial charge is 0.370 e. The van der Waals surface area contributed by atoms with Crippen molar-refractivity contribution in [2.24, 2.45) is 0 Å². The maximum Gasteiger partial charge on any atom is 0.260 e. The first-order valence-electron chi connectivity index (χ1n) is 9.51. The summed E-state index contributed by atoms with van der Waals surface area (Å²) in [5, 5.41) is 7.90. The third kappa shape index (κ3) is 3.73. The van der Waals surface area contributed by atoms with E-state index in [0.717, 1.165) is 30.2 Å². The molecule has 1 amide bonds. The lowest BCUT2D eigenvalue weighted by Gasteiger charge is -2.17. The molecule has 1 saturated heterocycles. The van der Waals surface area contributed by atoms with Gasteiger partial charge in [-0.1, -0.05) is 24.6 Å². The number of halogens is 1. The molecule has 1 aliphatic rings. The normalized spacial score (nSPS) is 13.7. The van der Waals surface area contributed by atoms with E-state index in [1.54, 1.807) is 10.9 Å². The van der Waals surface area contributed by atoms with Gasteiger partial charge in [0, 0.05) is 18.1 Å². The van der Waals surface area contributed by atoms with Crippen molar-refractivity contribution < 1.29 is 4.79 Å². The summed E-state index contributed by atoms with van der Waals surface area (Å²) in [7, 11) is 0. The third-order valence-electron chi connectivity index (χ3n) is 4.96. The first-order chi connectivity index (χ1) is 13.7. The van der Waals surface area contributed by atoms with Gasteiger partial charge >= 0.3 is 0 Å². The van der Waals surface area contributed by atoms with Crippen molar-refractivity contribution in [2.75, 3.05) is 23.3 Å². The van der Waals surface area contributed by atoms with Gasteiger partial charge in [0.05, 0.1) is 35.0 Å². The minimum Gasteiger partial charge on any atom is -0.370 e. The number of carbonyl (C=O) groups is 1. The Kier molecular flexibility index (Phi) is 5.30. The maximum atomic E-state index is 12.8. The molecule has 0 unspecified atom stereocenters. The lowest BCUT2D eigenvalue weighted by atomic mass is 10.2. The zero-order chi connectivity index (χ0) is 19.5. The number of rotatable bonds is 5. The van der Waals surface area contributed by atoms with Gasteiger partial charge in [-0.25, -0.2) is 9.67 Å². The molecule has 0 bridgehead atoms. The Morgan fingerprint density at radius 2 is 1.96 bits per heavy atom. The number of hydrogen-bond donors (Lipinski definition) is 1. The highest BCUT2D eigenvalue weighted by Crippen LogP contribution is 2.22. The van der Waals surface area contributed by atoms with Crippen LogP contribution in [0.25, 0.3) is 5.69 Å². The Bertz CT molecular complexity index is 977. The molecule has 0 radical (unpaired) electrons. The Morgan fingerprint density at radius 1 is 1.14 bits per heavy atom. The van der Waals surface area contributed by atoms with Crippen molar-refractivity contribution in [1.82, 2.24) is 14.8 Å². The zero-order valence-electron chi connectivity index (χ0n) is 15.7. The quantitative estimate of drug-likeness (QED) is 0.698. The average Bonchev–Trinajstić information content (AvgIpc) is 3.38. The Balaban J connectivity index is 1.53. The number of hydrogen-bond acceptors (Lipinski definition) is 4. The van der Waals surface area contributed by atoms with Crippen molar-refractivity contribution in [1.29, 1.82) is 0 Å². The van der Waals surface area contributed by atoms with Crippen molar-refractivity contribution in [3.63, 3.8) is 0 Å². The molecule has 0 atom stereocenters. The van der Waals surface area contributed by atoms with Crippen molar-refractivity contribution in [2.45, 2.75) is 26.2 Å². The molecule has 0 saturated carbocycles. The lowest BCUT2D eigenvalue weighted by molar-refractivity contribution is 0.102. The Morgan fingerprint density at radius 3 is 2.64 bits per heavy atom. The third-order valence-corrected chi connectivity index (χ3v) is 5.20. The number of amides is 1. The van der Waals surface area contributed by atoms with Crippen LogP contribution in [0.5, 0.6) is 0 Å². The number of benzene rings is 1. The fourth-order valence-electron chi connectivity index (χ4n) is 3.54. The standard InChI is InChI=1S/C21H22ClN5O/c1-2-19-18(14-24-27(19)16-7-5-6-15(22)12-16)21(28)25-20-9-8-17(13-23-20)26-10-3-4-11-26/h5-9,12-14H,2-4,10-11H2,1H3,(H,23,25,28). The summed E-state index contributed by atoms with van der Waals surface area (Å²) in [5.41, 5.74) is 3.29. The van der Waals surface area contributed by atoms with Gasteiger partial charge in [0.15, 0.2) is 0 Å². The average molecular weight is 396 g/mol. The van der Waals surface area contributed by atoms with Gasteiger partial charge in [-0.2, -0.15) is 5.10 Å². The molecule has 28 heavy (non-hydrogen) atoms. The van der Waals surface area contributed by atoms with E-state index in [1.165, 1.54) is 12.8 Å². The second-order valence-corrected chi connectivity index (χ2v) is 7.24. The van der Waals surface area contributed by atoms with Crippen LogP contribution in [-0.2, 0) is 6.42 Å². The molecular weight excluding hydrogens is 374 g/mol. The predicted octanol–water partition coefficient (Wildman–Crippen LogP) is 4.34. The van der Waals surface area contributed by atoms with Crippen LogP contribution < -0.4 is 10.2 Å².